The van der Waals surface area contributed by atoms with Crippen LogP contribution in [0.25, 0.3) is 0 Å². The number of rotatable bonds is 1. The molecule has 2 heterocycles. The average molecular weight is 154 g/mol. The van der Waals surface area contributed by atoms with E-state index < -0.39 is 0 Å². The number of β-amino-alcohol motifs (C(OH)–C–C–N with tert-alkyl or cyclic N) is 1. The van der Waals surface area contributed by atoms with Crippen LogP contribution in [-0.4, -0.2) is 36.9 Å². The van der Waals surface area contributed by atoms with E-state index >= 15 is 0 Å². The molecule has 0 spiro atoms. The molecule has 2 aliphatic heterocycles. The molecule has 3 atom stereocenters. The first kappa shape index (κ1) is 7.28. The van der Waals surface area contributed by atoms with Crippen LogP contribution in [0.1, 0.15) is 0 Å². The van der Waals surface area contributed by atoms with Gasteiger partial charge in [-0.25, -0.2) is 0 Å². The van der Waals surface area contributed by atoms with E-state index in [9.17, 15) is 5.11 Å². The fraction of sp³-hybridized carbons (Fsp3) is 0.750. The monoisotopic (exact) mass is 154 g/mol. The lowest BCUT2D eigenvalue weighted by Gasteiger charge is -2.19. The van der Waals surface area contributed by atoms with Gasteiger partial charge >= 0.3 is 0 Å². The number of aliphatic hydroxyl groups excluding tert-OH is 1. The summed E-state index contributed by atoms with van der Waals surface area (Å²) < 4.78 is 0. The van der Waals surface area contributed by atoms with Crippen molar-refractivity contribution in [2.75, 3.05) is 19.6 Å². The highest BCUT2D eigenvalue weighted by molar-refractivity contribution is 5.07. The molecule has 3 nitrogen and oxygen atoms in total. The molecule has 2 rings (SSSR count). The molecular weight excluding hydrogens is 140 g/mol. The third-order valence-electron chi connectivity index (χ3n) is 2.50. The lowest BCUT2D eigenvalue weighted by atomic mass is 9.98. The summed E-state index contributed by atoms with van der Waals surface area (Å²) in [5.74, 6) is 0.369. The van der Waals surface area contributed by atoms with E-state index in [1.165, 1.54) is 0 Å². The minimum Gasteiger partial charge on any atom is -0.391 e. The van der Waals surface area contributed by atoms with Crippen LogP contribution in [-0.2, 0) is 0 Å². The van der Waals surface area contributed by atoms with Gasteiger partial charge in [0.2, 0.25) is 0 Å². The first-order valence-corrected chi connectivity index (χ1v) is 4.17. The van der Waals surface area contributed by atoms with Crippen molar-refractivity contribution < 1.29 is 5.11 Å². The third-order valence-corrected chi connectivity index (χ3v) is 2.50. The number of hydrogen-bond acceptors (Lipinski definition) is 3. The van der Waals surface area contributed by atoms with Crippen LogP contribution < -0.4 is 10.6 Å². The number of aliphatic hydroxyl groups is 1. The van der Waals surface area contributed by atoms with E-state index in [0.29, 0.717) is 12.0 Å². The molecule has 0 bridgehead atoms. The van der Waals surface area contributed by atoms with E-state index in [4.69, 9.17) is 0 Å². The van der Waals surface area contributed by atoms with Gasteiger partial charge in [-0.2, -0.15) is 0 Å². The average Bonchev–Trinajstić information content (AvgIpc) is 2.55. The fourth-order valence-corrected chi connectivity index (χ4v) is 1.83. The van der Waals surface area contributed by atoms with Gasteiger partial charge in [0, 0.05) is 31.6 Å². The molecule has 1 fully saturated rings. The Balaban J connectivity index is 1.97. The molecule has 0 aromatic heterocycles. The highest BCUT2D eigenvalue weighted by Gasteiger charge is 2.31. The molecule has 3 heteroatoms. The first-order chi connectivity index (χ1) is 5.38. The van der Waals surface area contributed by atoms with Crippen molar-refractivity contribution in [3.05, 3.63) is 12.2 Å². The Morgan fingerprint density at radius 1 is 1.36 bits per heavy atom. The second-order valence-corrected chi connectivity index (χ2v) is 3.25. The minimum atomic E-state index is -0.171. The van der Waals surface area contributed by atoms with Crippen LogP contribution in [0, 0.1) is 5.92 Å². The summed E-state index contributed by atoms with van der Waals surface area (Å²) in [4.78, 5) is 0. The topological polar surface area (TPSA) is 44.3 Å². The van der Waals surface area contributed by atoms with Gasteiger partial charge in [0.15, 0.2) is 0 Å². The van der Waals surface area contributed by atoms with Crippen molar-refractivity contribution in [2.24, 2.45) is 5.92 Å². The Kier molecular flexibility index (Phi) is 1.94. The van der Waals surface area contributed by atoms with Crippen LogP contribution in [0.15, 0.2) is 12.2 Å². The lowest BCUT2D eigenvalue weighted by molar-refractivity contribution is 0.136. The van der Waals surface area contributed by atoms with Crippen LogP contribution in [0.3, 0.4) is 0 Å². The standard InChI is InChI=1S/C8H14N2O/c11-8-5-9-4-6(8)7-2-1-3-10-7/h1-2,6-11H,3-5H2/t6-,7?,8+/m0/s1. The van der Waals surface area contributed by atoms with Gasteiger partial charge in [-0.05, 0) is 0 Å². The molecule has 0 aromatic carbocycles. The predicted molar refractivity (Wildman–Crippen MR) is 43.3 cm³/mol. The van der Waals surface area contributed by atoms with Gasteiger partial charge < -0.3 is 15.7 Å². The highest BCUT2D eigenvalue weighted by Crippen LogP contribution is 2.16. The minimum absolute atomic E-state index is 0.171. The summed E-state index contributed by atoms with van der Waals surface area (Å²) in [6, 6.07) is 0.389. The molecule has 1 saturated heterocycles. The molecule has 0 amide bonds. The molecule has 0 saturated carbocycles. The van der Waals surface area contributed by atoms with Gasteiger partial charge in [0.1, 0.15) is 0 Å². The Bertz CT molecular complexity index is 169. The molecular formula is C8H14N2O. The molecule has 0 aliphatic carbocycles. The van der Waals surface area contributed by atoms with E-state index in [-0.39, 0.29) is 6.10 Å². The fourth-order valence-electron chi connectivity index (χ4n) is 1.83. The van der Waals surface area contributed by atoms with Gasteiger partial charge in [0.25, 0.3) is 0 Å². The Labute approximate surface area is 66.5 Å². The largest absolute Gasteiger partial charge is 0.391 e. The molecule has 11 heavy (non-hydrogen) atoms. The molecule has 0 aromatic rings. The van der Waals surface area contributed by atoms with Crippen molar-refractivity contribution in [1.29, 1.82) is 0 Å². The number of nitrogens with one attached hydrogen (secondary N) is 2. The predicted octanol–water partition coefficient (Wildman–Crippen LogP) is -0.905. The van der Waals surface area contributed by atoms with Crippen LogP contribution >= 0.6 is 0 Å². The van der Waals surface area contributed by atoms with E-state index in [1.54, 1.807) is 0 Å². The maximum atomic E-state index is 9.51. The van der Waals surface area contributed by atoms with E-state index in [0.717, 1.165) is 19.6 Å². The SMILES string of the molecule is O[C@@H]1CNC[C@H]1C1C=CCN1. The highest BCUT2D eigenvalue weighted by atomic mass is 16.3. The maximum Gasteiger partial charge on any atom is 0.0722 e. The maximum absolute atomic E-state index is 9.51. The number of hydrogen-bond donors (Lipinski definition) is 3. The van der Waals surface area contributed by atoms with E-state index in [1.807, 2.05) is 0 Å². The van der Waals surface area contributed by atoms with E-state index in [2.05, 4.69) is 22.8 Å². The van der Waals surface area contributed by atoms with Gasteiger partial charge in [-0.3, -0.25) is 0 Å². The zero-order valence-corrected chi connectivity index (χ0v) is 6.46. The van der Waals surface area contributed by atoms with Crippen molar-refractivity contribution in [3.63, 3.8) is 0 Å². The molecule has 3 N–H and O–H groups in total. The summed E-state index contributed by atoms with van der Waals surface area (Å²) in [7, 11) is 0. The Hall–Kier alpha value is -0.380. The van der Waals surface area contributed by atoms with Crippen molar-refractivity contribution in [2.45, 2.75) is 12.1 Å². The molecule has 2 aliphatic rings. The zero-order chi connectivity index (χ0) is 7.68. The first-order valence-electron chi connectivity index (χ1n) is 4.17. The zero-order valence-electron chi connectivity index (χ0n) is 6.46. The quantitative estimate of drug-likeness (QED) is 0.429. The normalized spacial score (nSPS) is 43.5. The summed E-state index contributed by atoms with van der Waals surface area (Å²) in [5.41, 5.74) is 0. The summed E-state index contributed by atoms with van der Waals surface area (Å²) in [6.07, 6.45) is 4.10. The molecule has 62 valence electrons. The van der Waals surface area contributed by atoms with Gasteiger partial charge in [-0.1, -0.05) is 12.2 Å². The Morgan fingerprint density at radius 2 is 2.27 bits per heavy atom. The summed E-state index contributed by atoms with van der Waals surface area (Å²) >= 11 is 0. The van der Waals surface area contributed by atoms with Crippen LogP contribution in [0.2, 0.25) is 0 Å². The Morgan fingerprint density at radius 3 is 2.82 bits per heavy atom. The van der Waals surface area contributed by atoms with Crippen molar-refractivity contribution in [1.82, 2.24) is 10.6 Å². The van der Waals surface area contributed by atoms with Gasteiger partial charge in [0.05, 0.1) is 6.10 Å². The molecule has 1 unspecified atom stereocenters. The second kappa shape index (κ2) is 2.93. The van der Waals surface area contributed by atoms with Gasteiger partial charge in [-0.15, -0.1) is 0 Å². The van der Waals surface area contributed by atoms with Crippen molar-refractivity contribution >= 4 is 0 Å². The van der Waals surface area contributed by atoms with Crippen molar-refractivity contribution in [3.8, 4) is 0 Å². The molecule has 0 radical (unpaired) electrons. The summed E-state index contributed by atoms with van der Waals surface area (Å²) in [5, 5.41) is 16.0. The smallest absolute Gasteiger partial charge is 0.0722 e. The second-order valence-electron chi connectivity index (χ2n) is 3.25. The summed E-state index contributed by atoms with van der Waals surface area (Å²) in [6.45, 7) is 2.63. The van der Waals surface area contributed by atoms with Crippen LogP contribution in [0.4, 0.5) is 0 Å². The third kappa shape index (κ3) is 1.31. The lowest BCUT2D eigenvalue weighted by Crippen LogP contribution is -2.37. The van der Waals surface area contributed by atoms with Crippen LogP contribution in [0.5, 0.6) is 0 Å².